The summed E-state index contributed by atoms with van der Waals surface area (Å²) in [6, 6.07) is 2.15. The van der Waals surface area contributed by atoms with Gasteiger partial charge in [-0.3, -0.25) is 9.69 Å². The third kappa shape index (κ3) is 2.76. The molecule has 2 aliphatic heterocycles. The van der Waals surface area contributed by atoms with Crippen molar-refractivity contribution >= 4 is 5.91 Å². The number of hydrogen-bond acceptors (Lipinski definition) is 4. The Morgan fingerprint density at radius 2 is 2.12 bits per heavy atom. The van der Waals surface area contributed by atoms with Gasteiger partial charge in [-0.25, -0.2) is 0 Å². The molecule has 0 aliphatic carbocycles. The lowest BCUT2D eigenvalue weighted by Crippen LogP contribution is -2.45. The molecule has 5 nitrogen and oxygen atoms in total. The first-order valence-corrected chi connectivity index (χ1v) is 6.18. The predicted octanol–water partition coefficient (Wildman–Crippen LogP) is -0.0633. The molecule has 0 unspecified atom stereocenters. The number of hydrogen-bond donors (Lipinski definition) is 0. The lowest BCUT2D eigenvalue weighted by atomic mass is 9.96. The van der Waals surface area contributed by atoms with E-state index in [0.29, 0.717) is 38.8 Å². The minimum Gasteiger partial charge on any atom is -0.378 e. The van der Waals surface area contributed by atoms with Gasteiger partial charge < -0.3 is 9.64 Å². The molecule has 0 radical (unpaired) electrons. The largest absolute Gasteiger partial charge is 0.378 e. The second-order valence-electron chi connectivity index (χ2n) is 4.87. The number of nitriles is 1. The van der Waals surface area contributed by atoms with Gasteiger partial charge in [0.25, 0.3) is 0 Å². The Bertz CT molecular complexity index is 320. The highest BCUT2D eigenvalue weighted by molar-refractivity contribution is 5.79. The maximum atomic E-state index is 12.3. The standard InChI is InChI=1S/C12H19N3O2/c1-10-8-14(3-2-13)9-11(10)12(16)15-4-6-17-7-5-15/h10-11H,3-9H2,1H3/t10-,11-/m1/s1. The van der Waals surface area contributed by atoms with Crippen molar-refractivity contribution in [3.63, 3.8) is 0 Å². The molecule has 5 heteroatoms. The first-order chi connectivity index (χ1) is 8.22. The third-order valence-corrected chi connectivity index (χ3v) is 3.62. The summed E-state index contributed by atoms with van der Waals surface area (Å²) in [5, 5.41) is 8.68. The van der Waals surface area contributed by atoms with Gasteiger partial charge in [0.2, 0.25) is 5.91 Å². The minimum absolute atomic E-state index is 0.0569. The Morgan fingerprint density at radius 1 is 1.41 bits per heavy atom. The topological polar surface area (TPSA) is 56.6 Å². The number of rotatable bonds is 2. The van der Waals surface area contributed by atoms with Crippen molar-refractivity contribution in [3.05, 3.63) is 0 Å². The zero-order valence-electron chi connectivity index (χ0n) is 10.3. The highest BCUT2D eigenvalue weighted by atomic mass is 16.5. The van der Waals surface area contributed by atoms with Crippen LogP contribution in [-0.4, -0.2) is 61.6 Å². The highest BCUT2D eigenvalue weighted by Crippen LogP contribution is 2.24. The molecule has 0 N–H and O–H groups in total. The van der Waals surface area contributed by atoms with E-state index >= 15 is 0 Å². The first kappa shape index (κ1) is 12.3. The monoisotopic (exact) mass is 237 g/mol. The Hall–Kier alpha value is -1.12. The van der Waals surface area contributed by atoms with Gasteiger partial charge in [0.15, 0.2) is 0 Å². The van der Waals surface area contributed by atoms with Gasteiger partial charge in [-0.15, -0.1) is 0 Å². The summed E-state index contributed by atoms with van der Waals surface area (Å²) in [5.74, 6) is 0.640. The lowest BCUT2D eigenvalue weighted by molar-refractivity contribution is -0.140. The summed E-state index contributed by atoms with van der Waals surface area (Å²) in [7, 11) is 0. The van der Waals surface area contributed by atoms with E-state index in [9.17, 15) is 4.79 Å². The van der Waals surface area contributed by atoms with E-state index in [0.717, 1.165) is 13.1 Å². The summed E-state index contributed by atoms with van der Waals surface area (Å²) < 4.78 is 5.25. The number of nitrogens with zero attached hydrogens (tertiary/aromatic N) is 3. The van der Waals surface area contributed by atoms with Crippen LogP contribution in [0.25, 0.3) is 0 Å². The number of morpholine rings is 1. The van der Waals surface area contributed by atoms with E-state index < -0.39 is 0 Å². The fraction of sp³-hybridized carbons (Fsp3) is 0.833. The fourth-order valence-electron chi connectivity index (χ4n) is 2.64. The average Bonchev–Trinajstić information content (AvgIpc) is 2.71. The van der Waals surface area contributed by atoms with Gasteiger partial charge in [-0.1, -0.05) is 6.92 Å². The Kier molecular flexibility index (Phi) is 3.97. The number of carbonyl (C=O) groups is 1. The molecule has 2 atom stereocenters. The molecule has 0 aromatic rings. The average molecular weight is 237 g/mol. The maximum Gasteiger partial charge on any atom is 0.227 e. The zero-order valence-corrected chi connectivity index (χ0v) is 10.3. The van der Waals surface area contributed by atoms with Crippen molar-refractivity contribution in [1.29, 1.82) is 5.26 Å². The molecule has 2 aliphatic rings. The van der Waals surface area contributed by atoms with E-state index in [1.165, 1.54) is 0 Å². The molecule has 17 heavy (non-hydrogen) atoms. The molecular formula is C12H19N3O2. The van der Waals surface area contributed by atoms with Crippen LogP contribution in [-0.2, 0) is 9.53 Å². The van der Waals surface area contributed by atoms with E-state index in [-0.39, 0.29) is 11.8 Å². The van der Waals surface area contributed by atoms with E-state index in [2.05, 4.69) is 17.9 Å². The van der Waals surface area contributed by atoms with Crippen molar-refractivity contribution in [1.82, 2.24) is 9.80 Å². The zero-order chi connectivity index (χ0) is 12.3. The summed E-state index contributed by atoms with van der Waals surface area (Å²) in [6.07, 6.45) is 0. The predicted molar refractivity (Wildman–Crippen MR) is 62.1 cm³/mol. The molecule has 2 saturated heterocycles. The van der Waals surface area contributed by atoms with Crippen molar-refractivity contribution in [2.45, 2.75) is 6.92 Å². The maximum absolute atomic E-state index is 12.3. The first-order valence-electron chi connectivity index (χ1n) is 6.18. The molecule has 0 saturated carbocycles. The Labute approximate surface area is 102 Å². The van der Waals surface area contributed by atoms with Crippen LogP contribution >= 0.6 is 0 Å². The smallest absolute Gasteiger partial charge is 0.227 e. The Balaban J connectivity index is 1.93. The van der Waals surface area contributed by atoms with Crippen LogP contribution in [0.5, 0.6) is 0 Å². The third-order valence-electron chi connectivity index (χ3n) is 3.62. The van der Waals surface area contributed by atoms with Crippen LogP contribution in [0.2, 0.25) is 0 Å². The van der Waals surface area contributed by atoms with Crippen LogP contribution in [0.3, 0.4) is 0 Å². The lowest BCUT2D eigenvalue weighted by Gasteiger charge is -2.30. The molecule has 0 bridgehead atoms. The second kappa shape index (κ2) is 5.48. The van der Waals surface area contributed by atoms with Gasteiger partial charge in [0.1, 0.15) is 0 Å². The van der Waals surface area contributed by atoms with Crippen LogP contribution in [0, 0.1) is 23.2 Å². The number of amides is 1. The normalized spacial score (nSPS) is 30.2. The second-order valence-corrected chi connectivity index (χ2v) is 4.87. The molecule has 0 aromatic heterocycles. The minimum atomic E-state index is 0.0569. The van der Waals surface area contributed by atoms with Crippen LogP contribution < -0.4 is 0 Å². The van der Waals surface area contributed by atoms with Gasteiger partial charge in [0.05, 0.1) is 31.7 Å². The van der Waals surface area contributed by atoms with Gasteiger partial charge in [-0.2, -0.15) is 5.26 Å². The summed E-state index contributed by atoms with van der Waals surface area (Å²) >= 11 is 0. The van der Waals surface area contributed by atoms with Crippen molar-refractivity contribution in [2.24, 2.45) is 11.8 Å². The summed E-state index contributed by atoms with van der Waals surface area (Å²) in [6.45, 7) is 6.82. The number of likely N-dealkylation sites (tertiary alicyclic amines) is 1. The molecular weight excluding hydrogens is 218 g/mol. The molecule has 2 fully saturated rings. The molecule has 2 heterocycles. The fourth-order valence-corrected chi connectivity index (χ4v) is 2.64. The van der Waals surface area contributed by atoms with Crippen molar-refractivity contribution < 1.29 is 9.53 Å². The molecule has 0 aromatic carbocycles. The van der Waals surface area contributed by atoms with E-state index in [1.54, 1.807) is 0 Å². The SMILES string of the molecule is C[C@@H]1CN(CC#N)C[C@H]1C(=O)N1CCOCC1. The van der Waals surface area contributed by atoms with Crippen LogP contribution in [0.1, 0.15) is 6.92 Å². The van der Waals surface area contributed by atoms with Crippen molar-refractivity contribution in [3.8, 4) is 6.07 Å². The molecule has 0 spiro atoms. The molecule has 2 rings (SSSR count). The van der Waals surface area contributed by atoms with Crippen molar-refractivity contribution in [2.75, 3.05) is 45.9 Å². The summed E-state index contributed by atoms with van der Waals surface area (Å²) in [5.41, 5.74) is 0. The van der Waals surface area contributed by atoms with Gasteiger partial charge in [0, 0.05) is 26.2 Å². The molecule has 1 amide bonds. The summed E-state index contributed by atoms with van der Waals surface area (Å²) in [4.78, 5) is 16.3. The van der Waals surface area contributed by atoms with E-state index in [1.807, 2.05) is 4.90 Å². The van der Waals surface area contributed by atoms with Crippen LogP contribution in [0.4, 0.5) is 0 Å². The Morgan fingerprint density at radius 3 is 2.76 bits per heavy atom. The van der Waals surface area contributed by atoms with Gasteiger partial charge in [-0.05, 0) is 5.92 Å². The number of ether oxygens (including phenoxy) is 1. The highest BCUT2D eigenvalue weighted by Gasteiger charge is 2.37. The van der Waals surface area contributed by atoms with Crippen LogP contribution in [0.15, 0.2) is 0 Å². The number of carbonyl (C=O) groups excluding carboxylic acids is 1. The van der Waals surface area contributed by atoms with E-state index in [4.69, 9.17) is 10.00 Å². The quantitative estimate of drug-likeness (QED) is 0.631. The molecule has 94 valence electrons. The van der Waals surface area contributed by atoms with Gasteiger partial charge >= 0.3 is 0 Å².